The monoisotopic (exact) mass is 289 g/mol. The van der Waals surface area contributed by atoms with E-state index in [1.165, 1.54) is 0 Å². The molecule has 3 nitrogen and oxygen atoms in total. The summed E-state index contributed by atoms with van der Waals surface area (Å²) in [7, 11) is 0. The summed E-state index contributed by atoms with van der Waals surface area (Å²) < 4.78 is 5.59. The molecule has 0 aliphatic carbocycles. The van der Waals surface area contributed by atoms with E-state index in [9.17, 15) is 4.79 Å². The van der Waals surface area contributed by atoms with E-state index in [1.807, 2.05) is 56.5 Å². The summed E-state index contributed by atoms with van der Waals surface area (Å²) in [5.41, 5.74) is 2.24. The molecule has 4 heteroatoms. The van der Waals surface area contributed by atoms with Gasteiger partial charge < -0.3 is 10.1 Å². The largest absolute Gasteiger partial charge is 0.483 e. The van der Waals surface area contributed by atoms with Gasteiger partial charge in [0, 0.05) is 4.88 Å². The zero-order valence-corrected chi connectivity index (χ0v) is 12.8. The Kier molecular flexibility index (Phi) is 4.79. The molecule has 0 aliphatic heterocycles. The lowest BCUT2D eigenvalue weighted by Crippen LogP contribution is -2.31. The first-order valence-electron chi connectivity index (χ1n) is 6.59. The molecule has 0 saturated carbocycles. The molecule has 1 N–H and O–H groups in total. The van der Waals surface area contributed by atoms with Crippen molar-refractivity contribution >= 4 is 17.2 Å². The minimum atomic E-state index is -0.105. The average Bonchev–Trinajstić information content (AvgIpc) is 2.94. The van der Waals surface area contributed by atoms with Gasteiger partial charge in [-0.05, 0) is 49.4 Å². The standard InChI is InChI=1S/C16H19NO2S/c1-11-6-4-7-14(12(11)2)19-10-16(18)17-13(3)15-8-5-9-20-15/h4-9,13H,10H2,1-3H3,(H,17,18). The fourth-order valence-electron chi connectivity index (χ4n) is 1.92. The number of aryl methyl sites for hydroxylation is 1. The topological polar surface area (TPSA) is 38.3 Å². The van der Waals surface area contributed by atoms with Gasteiger partial charge in [0.15, 0.2) is 6.61 Å². The maximum Gasteiger partial charge on any atom is 0.258 e. The van der Waals surface area contributed by atoms with Crippen LogP contribution >= 0.6 is 11.3 Å². The van der Waals surface area contributed by atoms with Crippen LogP contribution in [0.15, 0.2) is 35.7 Å². The van der Waals surface area contributed by atoms with Crippen molar-refractivity contribution < 1.29 is 9.53 Å². The molecule has 1 aromatic carbocycles. The third-order valence-electron chi connectivity index (χ3n) is 3.26. The molecule has 106 valence electrons. The van der Waals surface area contributed by atoms with Gasteiger partial charge in [-0.2, -0.15) is 0 Å². The highest BCUT2D eigenvalue weighted by Crippen LogP contribution is 2.21. The second-order valence-electron chi connectivity index (χ2n) is 4.79. The van der Waals surface area contributed by atoms with E-state index < -0.39 is 0 Å². The summed E-state index contributed by atoms with van der Waals surface area (Å²) in [6.45, 7) is 6.04. The van der Waals surface area contributed by atoms with Gasteiger partial charge in [-0.1, -0.05) is 18.2 Å². The molecule has 0 bridgehead atoms. The van der Waals surface area contributed by atoms with Crippen molar-refractivity contribution in [2.75, 3.05) is 6.61 Å². The molecule has 1 heterocycles. The Bertz CT molecular complexity index is 578. The minimum absolute atomic E-state index is 0.0182. The van der Waals surface area contributed by atoms with Crippen molar-refractivity contribution in [3.8, 4) is 5.75 Å². The van der Waals surface area contributed by atoms with E-state index in [0.29, 0.717) is 0 Å². The van der Waals surface area contributed by atoms with Gasteiger partial charge in [0.2, 0.25) is 0 Å². The number of nitrogens with one attached hydrogen (secondary N) is 1. The molecule has 0 radical (unpaired) electrons. The third-order valence-corrected chi connectivity index (χ3v) is 4.32. The molecule has 0 fully saturated rings. The van der Waals surface area contributed by atoms with Crippen LogP contribution < -0.4 is 10.1 Å². The second-order valence-corrected chi connectivity index (χ2v) is 5.77. The number of carbonyl (C=O) groups excluding carboxylic acids is 1. The van der Waals surface area contributed by atoms with Crippen LogP contribution in [0.2, 0.25) is 0 Å². The average molecular weight is 289 g/mol. The molecule has 1 amide bonds. The molecule has 2 aromatic rings. The van der Waals surface area contributed by atoms with Gasteiger partial charge in [0.05, 0.1) is 6.04 Å². The van der Waals surface area contributed by atoms with E-state index in [2.05, 4.69) is 5.32 Å². The highest BCUT2D eigenvalue weighted by molar-refractivity contribution is 7.10. The van der Waals surface area contributed by atoms with Gasteiger partial charge in [-0.3, -0.25) is 4.79 Å². The lowest BCUT2D eigenvalue weighted by molar-refractivity contribution is -0.123. The Morgan fingerprint density at radius 1 is 1.30 bits per heavy atom. The highest BCUT2D eigenvalue weighted by atomic mass is 32.1. The number of thiophene rings is 1. The Morgan fingerprint density at radius 2 is 2.10 bits per heavy atom. The van der Waals surface area contributed by atoms with Crippen molar-refractivity contribution in [1.82, 2.24) is 5.32 Å². The van der Waals surface area contributed by atoms with Crippen LogP contribution in [-0.4, -0.2) is 12.5 Å². The fourth-order valence-corrected chi connectivity index (χ4v) is 2.65. The first-order chi connectivity index (χ1) is 9.58. The first-order valence-corrected chi connectivity index (χ1v) is 7.47. The fraction of sp³-hybridized carbons (Fsp3) is 0.312. The molecule has 1 atom stereocenters. The van der Waals surface area contributed by atoms with Crippen LogP contribution in [0.4, 0.5) is 0 Å². The van der Waals surface area contributed by atoms with Crippen LogP contribution in [0.5, 0.6) is 5.75 Å². The van der Waals surface area contributed by atoms with Gasteiger partial charge in [-0.15, -0.1) is 11.3 Å². The van der Waals surface area contributed by atoms with Crippen molar-refractivity contribution in [2.45, 2.75) is 26.8 Å². The molecule has 0 spiro atoms. The van der Waals surface area contributed by atoms with Crippen LogP contribution in [0.25, 0.3) is 0 Å². The summed E-state index contributed by atoms with van der Waals surface area (Å²) in [6, 6.07) is 9.87. The van der Waals surface area contributed by atoms with Gasteiger partial charge in [0.1, 0.15) is 5.75 Å². The van der Waals surface area contributed by atoms with Crippen molar-refractivity contribution in [3.05, 3.63) is 51.7 Å². The molecular formula is C16H19NO2S. The second kappa shape index (κ2) is 6.57. The van der Waals surface area contributed by atoms with Crippen LogP contribution in [0, 0.1) is 13.8 Å². The smallest absolute Gasteiger partial charge is 0.258 e. The van der Waals surface area contributed by atoms with Crippen LogP contribution in [-0.2, 0) is 4.79 Å². The third kappa shape index (κ3) is 3.61. The number of hydrogen-bond acceptors (Lipinski definition) is 3. The molecule has 1 aromatic heterocycles. The number of carbonyl (C=O) groups is 1. The van der Waals surface area contributed by atoms with E-state index in [1.54, 1.807) is 11.3 Å². The van der Waals surface area contributed by atoms with Gasteiger partial charge >= 0.3 is 0 Å². The SMILES string of the molecule is Cc1cccc(OCC(=O)NC(C)c2cccs2)c1C. The summed E-state index contributed by atoms with van der Waals surface area (Å²) >= 11 is 1.64. The quantitative estimate of drug-likeness (QED) is 0.913. The molecule has 0 aliphatic rings. The molecule has 20 heavy (non-hydrogen) atoms. The van der Waals surface area contributed by atoms with Gasteiger partial charge in [-0.25, -0.2) is 0 Å². The Labute approximate surface area is 123 Å². The normalized spacial score (nSPS) is 11.9. The lowest BCUT2D eigenvalue weighted by Gasteiger charge is -2.14. The molecular weight excluding hydrogens is 270 g/mol. The Balaban J connectivity index is 1.88. The van der Waals surface area contributed by atoms with E-state index >= 15 is 0 Å². The number of hydrogen-bond donors (Lipinski definition) is 1. The number of ether oxygens (including phenoxy) is 1. The molecule has 1 unspecified atom stereocenters. The lowest BCUT2D eigenvalue weighted by atomic mass is 10.1. The van der Waals surface area contributed by atoms with Crippen molar-refractivity contribution in [3.63, 3.8) is 0 Å². The minimum Gasteiger partial charge on any atom is -0.483 e. The zero-order valence-electron chi connectivity index (χ0n) is 12.0. The zero-order chi connectivity index (χ0) is 14.5. The van der Waals surface area contributed by atoms with Crippen molar-refractivity contribution in [1.29, 1.82) is 0 Å². The van der Waals surface area contributed by atoms with E-state index in [0.717, 1.165) is 21.8 Å². The summed E-state index contributed by atoms with van der Waals surface area (Å²) in [4.78, 5) is 13.0. The number of benzene rings is 1. The molecule has 0 saturated heterocycles. The first kappa shape index (κ1) is 14.6. The summed E-state index contributed by atoms with van der Waals surface area (Å²) in [5.74, 6) is 0.663. The number of amides is 1. The predicted octanol–water partition coefficient (Wildman–Crippen LogP) is 3.62. The van der Waals surface area contributed by atoms with E-state index in [4.69, 9.17) is 4.74 Å². The van der Waals surface area contributed by atoms with Crippen molar-refractivity contribution in [2.24, 2.45) is 0 Å². The summed E-state index contributed by atoms with van der Waals surface area (Å²) in [6.07, 6.45) is 0. The summed E-state index contributed by atoms with van der Waals surface area (Å²) in [5, 5.41) is 4.94. The molecule has 2 rings (SSSR count). The van der Waals surface area contributed by atoms with E-state index in [-0.39, 0.29) is 18.6 Å². The van der Waals surface area contributed by atoms with Crippen LogP contribution in [0.3, 0.4) is 0 Å². The van der Waals surface area contributed by atoms with Gasteiger partial charge in [0.25, 0.3) is 5.91 Å². The Hall–Kier alpha value is -1.81. The maximum atomic E-state index is 11.9. The van der Waals surface area contributed by atoms with Crippen LogP contribution in [0.1, 0.15) is 29.0 Å². The maximum absolute atomic E-state index is 11.9. The number of rotatable bonds is 5. The highest BCUT2D eigenvalue weighted by Gasteiger charge is 2.11. The predicted molar refractivity (Wildman–Crippen MR) is 82.3 cm³/mol. The Morgan fingerprint density at radius 3 is 2.80 bits per heavy atom.